The van der Waals surface area contributed by atoms with Gasteiger partial charge in [0.2, 0.25) is 0 Å². The number of esters is 1. The number of carbonyl (C=O) groups excluding carboxylic acids is 2. The zero-order valence-electron chi connectivity index (χ0n) is 11.0. The highest BCUT2D eigenvalue weighted by molar-refractivity contribution is 5.85. The number of hydrogen-bond donors (Lipinski definition) is 4. The molecule has 2 aliphatic rings. The van der Waals surface area contributed by atoms with Crippen LogP contribution in [0.1, 0.15) is 25.7 Å². The average Bonchev–Trinajstić information content (AvgIpc) is 2.38. The van der Waals surface area contributed by atoms with E-state index in [9.17, 15) is 24.9 Å². The van der Waals surface area contributed by atoms with Crippen LogP contribution in [0.2, 0.25) is 0 Å². The monoisotopic (exact) mass is 285 g/mol. The number of fused-ring (bicyclic) bond motifs is 2. The maximum Gasteiger partial charge on any atom is 0.306 e. The van der Waals surface area contributed by atoms with E-state index in [0.717, 1.165) is 0 Å². The SMILES string of the molecule is O=C1CC/C=C\CNC(=O)[C@@]2(O)CC(O1)[C@H](O)[C@H](O)C2. The molecule has 0 aromatic heterocycles. The Labute approximate surface area is 116 Å². The maximum atomic E-state index is 12.0. The second-order valence-corrected chi connectivity index (χ2v) is 5.25. The van der Waals surface area contributed by atoms with Crippen molar-refractivity contribution in [2.45, 2.75) is 49.6 Å². The van der Waals surface area contributed by atoms with Gasteiger partial charge in [-0.15, -0.1) is 0 Å². The minimum atomic E-state index is -1.85. The van der Waals surface area contributed by atoms with Gasteiger partial charge in [-0.1, -0.05) is 12.2 Å². The van der Waals surface area contributed by atoms with Gasteiger partial charge in [-0.05, 0) is 6.42 Å². The lowest BCUT2D eigenvalue weighted by Crippen LogP contribution is -2.59. The second kappa shape index (κ2) is 5.90. The van der Waals surface area contributed by atoms with Gasteiger partial charge in [0.1, 0.15) is 17.8 Å². The Hall–Kier alpha value is -1.44. The van der Waals surface area contributed by atoms with Crippen molar-refractivity contribution in [1.82, 2.24) is 5.32 Å². The van der Waals surface area contributed by atoms with Gasteiger partial charge in [-0.3, -0.25) is 9.59 Å². The number of rotatable bonds is 0. The van der Waals surface area contributed by atoms with Gasteiger partial charge in [0.25, 0.3) is 5.91 Å². The van der Waals surface area contributed by atoms with E-state index in [1.807, 2.05) is 0 Å². The van der Waals surface area contributed by atoms with Crippen LogP contribution in [0.5, 0.6) is 0 Å². The van der Waals surface area contributed by atoms with Crippen molar-refractivity contribution < 1.29 is 29.6 Å². The molecule has 1 fully saturated rings. The number of allylic oxidation sites excluding steroid dienone is 1. The fourth-order valence-electron chi connectivity index (χ4n) is 2.49. The molecular formula is C13H19NO6. The molecule has 7 nitrogen and oxygen atoms in total. The summed E-state index contributed by atoms with van der Waals surface area (Å²) in [5, 5.41) is 32.5. The number of ether oxygens (including phenoxy) is 1. The lowest BCUT2D eigenvalue weighted by Gasteiger charge is -2.40. The van der Waals surface area contributed by atoms with Crippen molar-refractivity contribution in [2.24, 2.45) is 0 Å². The van der Waals surface area contributed by atoms with E-state index in [4.69, 9.17) is 4.74 Å². The summed E-state index contributed by atoms with van der Waals surface area (Å²) in [6, 6.07) is 0. The number of aliphatic hydroxyl groups is 3. The molecule has 20 heavy (non-hydrogen) atoms. The Balaban J connectivity index is 2.23. The van der Waals surface area contributed by atoms with Crippen LogP contribution >= 0.6 is 0 Å². The summed E-state index contributed by atoms with van der Waals surface area (Å²) in [6.07, 6.45) is -0.223. The molecule has 0 saturated heterocycles. The molecule has 1 amide bonds. The van der Waals surface area contributed by atoms with E-state index in [-0.39, 0.29) is 25.8 Å². The summed E-state index contributed by atoms with van der Waals surface area (Å²) < 4.78 is 5.07. The van der Waals surface area contributed by atoms with Crippen molar-refractivity contribution in [3.8, 4) is 0 Å². The third-order valence-electron chi connectivity index (χ3n) is 3.63. The van der Waals surface area contributed by atoms with Gasteiger partial charge < -0.3 is 25.4 Å². The van der Waals surface area contributed by atoms with E-state index in [0.29, 0.717) is 6.42 Å². The second-order valence-electron chi connectivity index (χ2n) is 5.25. The van der Waals surface area contributed by atoms with Gasteiger partial charge in [0, 0.05) is 25.8 Å². The molecule has 1 heterocycles. The van der Waals surface area contributed by atoms with Crippen LogP contribution in [-0.2, 0) is 14.3 Å². The van der Waals surface area contributed by atoms with E-state index in [1.54, 1.807) is 12.2 Å². The van der Waals surface area contributed by atoms with Crippen LogP contribution in [0.25, 0.3) is 0 Å². The Morgan fingerprint density at radius 1 is 1.25 bits per heavy atom. The highest BCUT2D eigenvalue weighted by Gasteiger charge is 2.50. The molecule has 1 saturated carbocycles. The topological polar surface area (TPSA) is 116 Å². The first kappa shape index (κ1) is 15.0. The van der Waals surface area contributed by atoms with Gasteiger partial charge >= 0.3 is 5.97 Å². The fraction of sp³-hybridized carbons (Fsp3) is 0.692. The van der Waals surface area contributed by atoms with Crippen molar-refractivity contribution >= 4 is 11.9 Å². The lowest BCUT2D eigenvalue weighted by atomic mass is 9.79. The molecule has 1 aliphatic heterocycles. The molecule has 0 radical (unpaired) electrons. The molecule has 4 atom stereocenters. The molecule has 1 unspecified atom stereocenters. The summed E-state index contributed by atoms with van der Waals surface area (Å²) in [4.78, 5) is 23.6. The molecule has 0 aromatic rings. The van der Waals surface area contributed by atoms with Crippen molar-refractivity contribution in [3.05, 3.63) is 12.2 Å². The number of nitrogens with one attached hydrogen (secondary N) is 1. The first-order chi connectivity index (χ1) is 9.42. The van der Waals surface area contributed by atoms with Crippen LogP contribution in [0.4, 0.5) is 0 Å². The smallest absolute Gasteiger partial charge is 0.306 e. The Kier molecular flexibility index (Phi) is 4.42. The molecule has 7 heteroatoms. The molecule has 1 aliphatic carbocycles. The fourth-order valence-corrected chi connectivity index (χ4v) is 2.49. The summed E-state index contributed by atoms with van der Waals surface area (Å²) in [6.45, 7) is 0.236. The van der Waals surface area contributed by atoms with E-state index < -0.39 is 35.8 Å². The van der Waals surface area contributed by atoms with Crippen molar-refractivity contribution in [1.29, 1.82) is 0 Å². The predicted molar refractivity (Wildman–Crippen MR) is 67.5 cm³/mol. The van der Waals surface area contributed by atoms with E-state index >= 15 is 0 Å². The quantitative estimate of drug-likeness (QED) is 0.322. The third kappa shape index (κ3) is 3.17. The number of aliphatic hydroxyl groups excluding tert-OH is 2. The number of hydrogen-bond acceptors (Lipinski definition) is 6. The Bertz CT molecular complexity index is 423. The summed E-state index contributed by atoms with van der Waals surface area (Å²) in [7, 11) is 0. The normalized spacial score (nSPS) is 40.9. The lowest BCUT2D eigenvalue weighted by molar-refractivity contribution is -0.189. The number of carbonyl (C=O) groups is 2. The van der Waals surface area contributed by atoms with Crippen LogP contribution in [0.3, 0.4) is 0 Å². The zero-order valence-corrected chi connectivity index (χ0v) is 11.0. The van der Waals surface area contributed by atoms with Crippen LogP contribution in [0.15, 0.2) is 12.2 Å². The molecular weight excluding hydrogens is 266 g/mol. The summed E-state index contributed by atoms with van der Waals surface area (Å²) >= 11 is 0. The highest BCUT2D eigenvalue weighted by atomic mass is 16.6. The van der Waals surface area contributed by atoms with Crippen LogP contribution < -0.4 is 5.32 Å². The Morgan fingerprint density at radius 3 is 2.75 bits per heavy atom. The summed E-state index contributed by atoms with van der Waals surface area (Å²) in [5.74, 6) is -1.18. The summed E-state index contributed by atoms with van der Waals surface area (Å²) in [5.41, 5.74) is -1.85. The average molecular weight is 285 g/mol. The molecule has 2 rings (SSSR count). The van der Waals surface area contributed by atoms with Crippen molar-refractivity contribution in [3.63, 3.8) is 0 Å². The zero-order chi connectivity index (χ0) is 14.8. The number of amides is 1. The van der Waals surface area contributed by atoms with Crippen LogP contribution in [-0.4, -0.2) is 57.7 Å². The third-order valence-corrected chi connectivity index (χ3v) is 3.63. The maximum absolute atomic E-state index is 12.0. The predicted octanol–water partition coefficient (Wildman–Crippen LogP) is -1.39. The minimum Gasteiger partial charge on any atom is -0.459 e. The van der Waals surface area contributed by atoms with Gasteiger partial charge in [0.05, 0.1) is 6.10 Å². The van der Waals surface area contributed by atoms with Crippen LogP contribution in [0, 0.1) is 0 Å². The van der Waals surface area contributed by atoms with Gasteiger partial charge in [-0.2, -0.15) is 0 Å². The highest BCUT2D eigenvalue weighted by Crippen LogP contribution is 2.31. The molecule has 0 spiro atoms. The van der Waals surface area contributed by atoms with E-state index in [1.165, 1.54) is 0 Å². The molecule has 112 valence electrons. The van der Waals surface area contributed by atoms with E-state index in [2.05, 4.69) is 5.32 Å². The molecule has 2 bridgehead atoms. The molecule has 0 aromatic carbocycles. The van der Waals surface area contributed by atoms with Crippen molar-refractivity contribution in [2.75, 3.05) is 6.54 Å². The largest absolute Gasteiger partial charge is 0.459 e. The van der Waals surface area contributed by atoms with Gasteiger partial charge in [0.15, 0.2) is 0 Å². The molecule has 4 N–H and O–H groups in total. The van der Waals surface area contributed by atoms with Gasteiger partial charge in [-0.25, -0.2) is 0 Å². The minimum absolute atomic E-state index is 0.141. The first-order valence-corrected chi connectivity index (χ1v) is 6.64. The Morgan fingerprint density at radius 2 is 2.00 bits per heavy atom. The standard InChI is InChI=1S/C13H19NO6/c15-8-6-13(19)7-9(11(8)17)20-10(16)4-2-1-3-5-14-12(13)18/h1,3,8-9,11,15,17,19H,2,4-7H2,(H,14,18)/b3-1-/t8-,9?,11-,13+/m1/s1. The first-order valence-electron chi connectivity index (χ1n) is 6.64.